The van der Waals surface area contributed by atoms with Crippen LogP contribution in [0.4, 0.5) is 0 Å². The van der Waals surface area contributed by atoms with Crippen molar-refractivity contribution in [3.05, 3.63) is 59.9 Å². The maximum Gasteiger partial charge on any atom is 0.191 e. The monoisotopic (exact) mass is 454 g/mol. The average Bonchev–Trinajstić information content (AvgIpc) is 2.62. The lowest BCUT2D eigenvalue weighted by atomic mass is 10.2. The molecule has 0 saturated carbocycles. The van der Waals surface area contributed by atoms with E-state index in [1.54, 1.807) is 0 Å². The van der Waals surface area contributed by atoms with Crippen LogP contribution in [0.3, 0.4) is 0 Å². The van der Waals surface area contributed by atoms with E-state index in [4.69, 9.17) is 4.74 Å². The predicted octanol–water partition coefficient (Wildman–Crippen LogP) is 3.40. The van der Waals surface area contributed by atoms with Crippen LogP contribution in [-0.2, 0) is 13.0 Å². The van der Waals surface area contributed by atoms with Crippen LogP contribution in [0.2, 0.25) is 0 Å². The molecular formula is C19H27IN4O. The Balaban J connectivity index is 0.00000312. The molecule has 5 nitrogen and oxygen atoms in total. The van der Waals surface area contributed by atoms with Crippen molar-refractivity contribution in [2.75, 3.05) is 19.7 Å². The third-order valence-corrected chi connectivity index (χ3v) is 3.42. The van der Waals surface area contributed by atoms with E-state index in [9.17, 15) is 0 Å². The van der Waals surface area contributed by atoms with Crippen molar-refractivity contribution in [3.8, 4) is 5.75 Å². The van der Waals surface area contributed by atoms with Crippen molar-refractivity contribution in [2.24, 2.45) is 4.99 Å². The van der Waals surface area contributed by atoms with Gasteiger partial charge in [-0.15, -0.1) is 24.0 Å². The number of hydrogen-bond acceptors (Lipinski definition) is 3. The highest BCUT2D eigenvalue weighted by molar-refractivity contribution is 14.0. The minimum atomic E-state index is 0. The first-order chi connectivity index (χ1) is 11.8. The molecule has 2 rings (SSSR count). The molecular weight excluding hydrogens is 427 g/mol. The van der Waals surface area contributed by atoms with Crippen LogP contribution in [-0.4, -0.2) is 30.6 Å². The number of nitrogens with zero attached hydrogens (tertiary/aromatic N) is 2. The molecule has 0 saturated heterocycles. The molecule has 0 bridgehead atoms. The van der Waals surface area contributed by atoms with E-state index >= 15 is 0 Å². The van der Waals surface area contributed by atoms with E-state index in [0.717, 1.165) is 42.5 Å². The highest BCUT2D eigenvalue weighted by Gasteiger charge is 2.03. The Morgan fingerprint density at radius 3 is 2.60 bits per heavy atom. The number of halogens is 1. The highest BCUT2D eigenvalue weighted by Crippen LogP contribution is 2.18. The number of ether oxygens (including phenoxy) is 1. The molecule has 0 radical (unpaired) electrons. The van der Waals surface area contributed by atoms with Gasteiger partial charge in [-0.2, -0.15) is 0 Å². The van der Waals surface area contributed by atoms with Crippen molar-refractivity contribution in [2.45, 2.75) is 26.8 Å². The molecule has 0 aliphatic carbocycles. The molecule has 6 heteroatoms. The van der Waals surface area contributed by atoms with Crippen LogP contribution >= 0.6 is 24.0 Å². The standard InChI is InChI=1S/C19H26N4O.HI/c1-3-20-19(22-14-12-17-10-7-8-13-21-17)23-15-16-9-5-6-11-18(16)24-4-2;/h5-11,13H,3-4,12,14-15H2,1-2H3,(H2,20,22,23);1H. The Bertz CT molecular complexity index is 634. The van der Waals surface area contributed by atoms with Crippen molar-refractivity contribution >= 4 is 29.9 Å². The Kier molecular flexibility index (Phi) is 10.6. The number of para-hydroxylation sites is 1. The zero-order valence-electron chi connectivity index (χ0n) is 14.9. The summed E-state index contributed by atoms with van der Waals surface area (Å²) in [7, 11) is 0. The van der Waals surface area contributed by atoms with Crippen LogP contribution in [0.1, 0.15) is 25.1 Å². The minimum absolute atomic E-state index is 0. The molecule has 2 aromatic rings. The molecule has 1 aromatic carbocycles. The van der Waals surface area contributed by atoms with E-state index < -0.39 is 0 Å². The molecule has 0 amide bonds. The van der Waals surface area contributed by atoms with Crippen molar-refractivity contribution in [1.82, 2.24) is 15.6 Å². The second kappa shape index (κ2) is 12.5. The van der Waals surface area contributed by atoms with Gasteiger partial charge in [0.1, 0.15) is 5.75 Å². The van der Waals surface area contributed by atoms with Crippen molar-refractivity contribution < 1.29 is 4.74 Å². The van der Waals surface area contributed by atoms with Gasteiger partial charge in [-0.3, -0.25) is 4.98 Å². The number of aromatic nitrogens is 1. The lowest BCUT2D eigenvalue weighted by molar-refractivity contribution is 0.336. The fraction of sp³-hybridized carbons (Fsp3) is 0.368. The third kappa shape index (κ3) is 7.72. The number of aliphatic imine (C=N–C) groups is 1. The number of benzene rings is 1. The molecule has 0 fully saturated rings. The van der Waals surface area contributed by atoms with Crippen LogP contribution in [0.25, 0.3) is 0 Å². The highest BCUT2D eigenvalue weighted by atomic mass is 127. The number of guanidine groups is 1. The number of pyridine rings is 1. The maximum absolute atomic E-state index is 5.65. The predicted molar refractivity (Wildman–Crippen MR) is 114 cm³/mol. The van der Waals surface area contributed by atoms with Crippen LogP contribution in [0.15, 0.2) is 53.7 Å². The van der Waals surface area contributed by atoms with E-state index in [1.165, 1.54) is 0 Å². The van der Waals surface area contributed by atoms with Gasteiger partial charge >= 0.3 is 0 Å². The molecule has 25 heavy (non-hydrogen) atoms. The van der Waals surface area contributed by atoms with E-state index in [2.05, 4.69) is 27.5 Å². The van der Waals surface area contributed by atoms with Gasteiger partial charge < -0.3 is 15.4 Å². The third-order valence-electron chi connectivity index (χ3n) is 3.42. The Morgan fingerprint density at radius 2 is 1.88 bits per heavy atom. The summed E-state index contributed by atoms with van der Waals surface area (Å²) in [6, 6.07) is 14.0. The Labute approximate surface area is 167 Å². The van der Waals surface area contributed by atoms with E-state index in [1.807, 2.05) is 55.6 Å². The number of rotatable bonds is 8. The lowest BCUT2D eigenvalue weighted by Crippen LogP contribution is -2.38. The quantitative estimate of drug-likeness (QED) is 0.365. The SMILES string of the molecule is CCNC(=NCc1ccccc1OCC)NCCc1ccccn1.I. The van der Waals surface area contributed by atoms with Gasteiger partial charge in [0.05, 0.1) is 13.2 Å². The summed E-state index contributed by atoms with van der Waals surface area (Å²) in [5.74, 6) is 1.70. The fourth-order valence-electron chi connectivity index (χ4n) is 2.29. The molecule has 1 heterocycles. The summed E-state index contributed by atoms with van der Waals surface area (Å²) in [5.41, 5.74) is 2.16. The normalized spacial score (nSPS) is 10.7. The first-order valence-corrected chi connectivity index (χ1v) is 8.46. The molecule has 1 aromatic heterocycles. The summed E-state index contributed by atoms with van der Waals surface area (Å²) >= 11 is 0. The van der Waals surface area contributed by atoms with E-state index in [0.29, 0.717) is 13.2 Å². The van der Waals surface area contributed by atoms with E-state index in [-0.39, 0.29) is 24.0 Å². The molecule has 0 aliphatic heterocycles. The summed E-state index contributed by atoms with van der Waals surface area (Å²) in [6.45, 7) is 6.89. The summed E-state index contributed by atoms with van der Waals surface area (Å²) in [6.07, 6.45) is 2.68. The van der Waals surface area contributed by atoms with Gasteiger partial charge in [0.2, 0.25) is 0 Å². The average molecular weight is 454 g/mol. The second-order valence-corrected chi connectivity index (χ2v) is 5.23. The molecule has 0 spiro atoms. The summed E-state index contributed by atoms with van der Waals surface area (Å²) in [5, 5.41) is 6.62. The fourth-order valence-corrected chi connectivity index (χ4v) is 2.29. The molecule has 0 aliphatic rings. The number of nitrogens with one attached hydrogen (secondary N) is 2. The Morgan fingerprint density at radius 1 is 1.08 bits per heavy atom. The minimum Gasteiger partial charge on any atom is -0.494 e. The molecule has 136 valence electrons. The second-order valence-electron chi connectivity index (χ2n) is 5.23. The molecule has 0 atom stereocenters. The Hall–Kier alpha value is -1.83. The van der Waals surface area contributed by atoms with Crippen molar-refractivity contribution in [3.63, 3.8) is 0 Å². The van der Waals surface area contributed by atoms with Crippen LogP contribution in [0.5, 0.6) is 5.75 Å². The first kappa shape index (κ1) is 21.2. The van der Waals surface area contributed by atoms with Crippen LogP contribution in [0, 0.1) is 0 Å². The van der Waals surface area contributed by atoms with Gasteiger partial charge in [-0.05, 0) is 32.0 Å². The van der Waals surface area contributed by atoms with Gasteiger partial charge in [0, 0.05) is 37.0 Å². The molecule has 0 unspecified atom stereocenters. The van der Waals surface area contributed by atoms with Gasteiger partial charge in [0.15, 0.2) is 5.96 Å². The van der Waals surface area contributed by atoms with Crippen LogP contribution < -0.4 is 15.4 Å². The largest absolute Gasteiger partial charge is 0.494 e. The van der Waals surface area contributed by atoms with Gasteiger partial charge in [-0.25, -0.2) is 4.99 Å². The topological polar surface area (TPSA) is 58.5 Å². The summed E-state index contributed by atoms with van der Waals surface area (Å²) < 4.78 is 5.65. The van der Waals surface area contributed by atoms with Crippen molar-refractivity contribution in [1.29, 1.82) is 0 Å². The zero-order valence-corrected chi connectivity index (χ0v) is 17.2. The first-order valence-electron chi connectivity index (χ1n) is 8.46. The van der Waals surface area contributed by atoms with Gasteiger partial charge in [0.25, 0.3) is 0 Å². The van der Waals surface area contributed by atoms with Gasteiger partial charge in [-0.1, -0.05) is 24.3 Å². The number of hydrogen-bond donors (Lipinski definition) is 2. The zero-order chi connectivity index (χ0) is 17.0. The summed E-state index contributed by atoms with van der Waals surface area (Å²) in [4.78, 5) is 8.98. The lowest BCUT2D eigenvalue weighted by Gasteiger charge is -2.12. The molecule has 2 N–H and O–H groups in total. The maximum atomic E-state index is 5.65. The smallest absolute Gasteiger partial charge is 0.191 e.